The lowest BCUT2D eigenvalue weighted by Gasteiger charge is -2.34. The summed E-state index contributed by atoms with van der Waals surface area (Å²) in [6.07, 6.45) is 3.34. The Kier molecular flexibility index (Phi) is 7.43. The van der Waals surface area contributed by atoms with E-state index in [-0.39, 0.29) is 11.9 Å². The summed E-state index contributed by atoms with van der Waals surface area (Å²) in [5.41, 5.74) is 2.43. The largest absolute Gasteiger partial charge is 0.490 e. The Balaban J connectivity index is 0.000000429. The number of alkyl halides is 3. The molecule has 1 unspecified atom stereocenters. The summed E-state index contributed by atoms with van der Waals surface area (Å²) in [4.78, 5) is 25.3. The second-order valence-electron chi connectivity index (χ2n) is 7.40. The van der Waals surface area contributed by atoms with Gasteiger partial charge in [-0.3, -0.25) is 18.8 Å². The Hall–Kier alpha value is -3.94. The van der Waals surface area contributed by atoms with Crippen molar-refractivity contribution in [3.8, 4) is 0 Å². The number of fused-ring (bicyclic) bond motifs is 1. The Bertz CT molecular complexity index is 1300. The van der Waals surface area contributed by atoms with Crippen molar-refractivity contribution in [2.24, 2.45) is 0 Å². The van der Waals surface area contributed by atoms with Crippen LogP contribution in [0.2, 0.25) is 0 Å². The van der Waals surface area contributed by atoms with Crippen LogP contribution >= 0.6 is 0 Å². The number of carboxylic acid groups (broad SMARTS) is 1. The normalized spacial score (nSPS) is 15.4. The topological polar surface area (TPSA) is 134 Å². The minimum atomic E-state index is -5.08. The van der Waals surface area contributed by atoms with Crippen LogP contribution in [-0.4, -0.2) is 59.1 Å². The molecular formula is C21H20F3N5O5S. The fraction of sp³-hybridized carbons (Fsp3) is 0.238. The van der Waals surface area contributed by atoms with Gasteiger partial charge in [0.2, 0.25) is 10.0 Å². The molecule has 14 heteroatoms. The Morgan fingerprint density at radius 3 is 2.43 bits per heavy atom. The van der Waals surface area contributed by atoms with Crippen molar-refractivity contribution >= 4 is 33.3 Å². The number of benzene rings is 1. The van der Waals surface area contributed by atoms with Gasteiger partial charge in [0.05, 0.1) is 23.5 Å². The zero-order valence-electron chi connectivity index (χ0n) is 18.2. The number of pyridine rings is 1. The number of carbonyl (C=O) groups is 2. The maximum Gasteiger partial charge on any atom is 0.490 e. The first-order valence-corrected chi connectivity index (χ1v) is 11.8. The van der Waals surface area contributed by atoms with Crippen LogP contribution in [0.25, 0.3) is 0 Å². The van der Waals surface area contributed by atoms with Crippen molar-refractivity contribution in [1.29, 1.82) is 0 Å². The zero-order chi connectivity index (χ0) is 25.8. The number of carbonyl (C=O) groups excluding carboxylic acids is 1. The predicted octanol–water partition coefficient (Wildman–Crippen LogP) is 2.92. The highest BCUT2D eigenvalue weighted by molar-refractivity contribution is 7.92. The van der Waals surface area contributed by atoms with Crippen molar-refractivity contribution in [2.75, 3.05) is 22.4 Å². The van der Waals surface area contributed by atoms with Gasteiger partial charge in [0, 0.05) is 42.6 Å². The van der Waals surface area contributed by atoms with Gasteiger partial charge < -0.3 is 10.4 Å². The molecule has 4 rings (SSSR count). The molecule has 3 aromatic rings. The van der Waals surface area contributed by atoms with E-state index < -0.39 is 22.2 Å². The standard InChI is InChI=1S/C19H19N5O3S.C2HF3O2/c1-28(26,27)24-11-7-17(23-10-3-9-21-23)16-12-15(5-6-18(16)24)22-19(25)14-4-2-8-20-13-14;3-2(4,5)1(6)7/h2-6,8-10,12-13,17H,7,11H2,1H3,(H,22,25);(H,6,7). The molecule has 0 spiro atoms. The molecule has 0 fully saturated rings. The quantitative estimate of drug-likeness (QED) is 0.550. The number of nitrogens with one attached hydrogen (secondary N) is 1. The molecule has 1 aromatic carbocycles. The van der Waals surface area contributed by atoms with E-state index in [0.717, 1.165) is 5.56 Å². The van der Waals surface area contributed by atoms with E-state index in [1.807, 2.05) is 23.0 Å². The molecule has 35 heavy (non-hydrogen) atoms. The van der Waals surface area contributed by atoms with E-state index in [1.165, 1.54) is 16.8 Å². The van der Waals surface area contributed by atoms with E-state index in [1.54, 1.807) is 36.7 Å². The number of rotatable bonds is 4. The monoisotopic (exact) mass is 511 g/mol. The maximum absolute atomic E-state index is 12.4. The highest BCUT2D eigenvalue weighted by atomic mass is 32.2. The molecule has 2 aromatic heterocycles. The maximum atomic E-state index is 12.4. The average molecular weight is 511 g/mol. The fourth-order valence-electron chi connectivity index (χ4n) is 3.43. The van der Waals surface area contributed by atoms with Gasteiger partial charge in [0.25, 0.3) is 5.91 Å². The molecule has 10 nitrogen and oxygen atoms in total. The van der Waals surface area contributed by atoms with Gasteiger partial charge in [-0.25, -0.2) is 13.2 Å². The highest BCUT2D eigenvalue weighted by Crippen LogP contribution is 2.38. The number of nitrogens with zero attached hydrogens (tertiary/aromatic N) is 4. The van der Waals surface area contributed by atoms with Gasteiger partial charge >= 0.3 is 12.1 Å². The SMILES string of the molecule is CS(=O)(=O)N1CCC(n2cccn2)c2cc(NC(=O)c3cccnc3)ccc21.O=C(O)C(F)(F)F. The third-order valence-corrected chi connectivity index (χ3v) is 6.11. The van der Waals surface area contributed by atoms with Crippen LogP contribution in [0.15, 0.2) is 61.2 Å². The molecule has 186 valence electrons. The van der Waals surface area contributed by atoms with Crippen LogP contribution in [-0.2, 0) is 14.8 Å². The third kappa shape index (κ3) is 6.35. The van der Waals surface area contributed by atoms with Crippen LogP contribution in [0, 0.1) is 0 Å². The lowest BCUT2D eigenvalue weighted by atomic mass is 9.97. The number of carboxylic acids is 1. The first-order chi connectivity index (χ1) is 16.4. The van der Waals surface area contributed by atoms with Crippen molar-refractivity contribution in [1.82, 2.24) is 14.8 Å². The minimum Gasteiger partial charge on any atom is -0.475 e. The highest BCUT2D eigenvalue weighted by Gasteiger charge is 2.38. The lowest BCUT2D eigenvalue weighted by molar-refractivity contribution is -0.192. The third-order valence-electron chi connectivity index (χ3n) is 4.93. The summed E-state index contributed by atoms with van der Waals surface area (Å²) >= 11 is 0. The number of amides is 1. The van der Waals surface area contributed by atoms with Crippen LogP contribution in [0.5, 0.6) is 0 Å². The summed E-state index contributed by atoms with van der Waals surface area (Å²) in [5, 5.41) is 14.3. The summed E-state index contributed by atoms with van der Waals surface area (Å²) in [7, 11) is -3.40. The number of hydrogen-bond donors (Lipinski definition) is 2. The van der Waals surface area contributed by atoms with Gasteiger partial charge in [-0.2, -0.15) is 18.3 Å². The first kappa shape index (κ1) is 25.7. The molecule has 3 heterocycles. The average Bonchev–Trinajstić information content (AvgIpc) is 3.32. The van der Waals surface area contributed by atoms with E-state index in [2.05, 4.69) is 15.4 Å². The lowest BCUT2D eigenvalue weighted by Crippen LogP contribution is -2.37. The summed E-state index contributed by atoms with van der Waals surface area (Å²) in [6.45, 7) is 0.373. The Labute approximate surface area is 198 Å². The molecule has 0 bridgehead atoms. The number of hydrogen-bond acceptors (Lipinski definition) is 6. The zero-order valence-corrected chi connectivity index (χ0v) is 19.0. The van der Waals surface area contributed by atoms with Gasteiger partial charge in [-0.15, -0.1) is 0 Å². The number of halogens is 3. The molecule has 2 N–H and O–H groups in total. The van der Waals surface area contributed by atoms with Gasteiger partial charge in [-0.05, 0) is 42.8 Å². The van der Waals surface area contributed by atoms with E-state index in [9.17, 15) is 26.4 Å². The van der Waals surface area contributed by atoms with E-state index in [4.69, 9.17) is 9.90 Å². The van der Waals surface area contributed by atoms with Crippen molar-refractivity contribution in [2.45, 2.75) is 18.6 Å². The van der Waals surface area contributed by atoms with E-state index in [0.29, 0.717) is 29.9 Å². The molecule has 1 amide bonds. The van der Waals surface area contributed by atoms with Crippen LogP contribution in [0.4, 0.5) is 24.5 Å². The molecule has 1 aliphatic rings. The van der Waals surface area contributed by atoms with Gasteiger partial charge in [-0.1, -0.05) is 0 Å². The minimum absolute atomic E-state index is 0.113. The molecule has 0 saturated heterocycles. The van der Waals surface area contributed by atoms with Gasteiger partial charge in [0.1, 0.15) is 0 Å². The van der Waals surface area contributed by atoms with Gasteiger partial charge in [0.15, 0.2) is 0 Å². The summed E-state index contributed by atoms with van der Waals surface area (Å²) in [6, 6.07) is 10.3. The molecule has 0 radical (unpaired) electrons. The number of sulfonamides is 1. The first-order valence-electron chi connectivity index (χ1n) is 10.00. The molecule has 1 aliphatic heterocycles. The Morgan fingerprint density at radius 1 is 1.17 bits per heavy atom. The van der Waals surface area contributed by atoms with Crippen molar-refractivity contribution in [3.63, 3.8) is 0 Å². The number of anilines is 2. The van der Waals surface area contributed by atoms with Crippen molar-refractivity contribution in [3.05, 3.63) is 72.3 Å². The van der Waals surface area contributed by atoms with E-state index >= 15 is 0 Å². The summed E-state index contributed by atoms with van der Waals surface area (Å²) < 4.78 is 59.4. The second-order valence-corrected chi connectivity index (χ2v) is 9.30. The predicted molar refractivity (Wildman–Crippen MR) is 119 cm³/mol. The van der Waals surface area contributed by atoms with Crippen LogP contribution < -0.4 is 9.62 Å². The number of aliphatic carboxylic acids is 1. The molecular weight excluding hydrogens is 491 g/mol. The molecule has 0 aliphatic carbocycles. The molecule has 0 saturated carbocycles. The fourth-order valence-corrected chi connectivity index (χ4v) is 4.39. The Morgan fingerprint density at radius 2 is 1.89 bits per heavy atom. The van der Waals surface area contributed by atoms with Crippen LogP contribution in [0.3, 0.4) is 0 Å². The number of aromatic nitrogens is 3. The smallest absolute Gasteiger partial charge is 0.475 e. The van der Waals surface area contributed by atoms with Crippen molar-refractivity contribution < 1.29 is 36.3 Å². The summed E-state index contributed by atoms with van der Waals surface area (Å²) in [5.74, 6) is -3.04. The molecule has 1 atom stereocenters. The van der Waals surface area contributed by atoms with Crippen LogP contribution in [0.1, 0.15) is 28.4 Å². The second kappa shape index (κ2) is 10.1.